The third kappa shape index (κ3) is 4.74. The summed E-state index contributed by atoms with van der Waals surface area (Å²) in [6.07, 6.45) is 1.76. The van der Waals surface area contributed by atoms with E-state index in [1.807, 2.05) is 38.1 Å². The van der Waals surface area contributed by atoms with Crippen LogP contribution in [0.25, 0.3) is 0 Å². The van der Waals surface area contributed by atoms with Gasteiger partial charge in [0, 0.05) is 11.6 Å². The van der Waals surface area contributed by atoms with Crippen LogP contribution in [0.4, 0.5) is 5.69 Å². The minimum atomic E-state index is 0.598. The predicted molar refractivity (Wildman–Crippen MR) is 95.9 cm³/mol. The van der Waals surface area contributed by atoms with E-state index in [4.69, 9.17) is 9.47 Å². The fourth-order valence-corrected chi connectivity index (χ4v) is 2.15. The van der Waals surface area contributed by atoms with Crippen molar-refractivity contribution in [1.82, 2.24) is 0 Å². The number of benzene rings is 2. The summed E-state index contributed by atoms with van der Waals surface area (Å²) in [7, 11) is 0. The van der Waals surface area contributed by atoms with Crippen molar-refractivity contribution in [3.8, 4) is 11.5 Å². The van der Waals surface area contributed by atoms with Gasteiger partial charge in [-0.05, 0) is 63.1 Å². The van der Waals surface area contributed by atoms with E-state index in [2.05, 4.69) is 36.5 Å². The first-order chi connectivity index (χ1) is 11.1. The molecule has 2 aromatic carbocycles. The maximum Gasteiger partial charge on any atom is 0.131 e. The number of nitrogens with zero attached hydrogens (tertiary/aromatic N) is 1. The molecule has 0 bridgehead atoms. The molecule has 0 saturated carbocycles. The molecule has 0 heterocycles. The Balaban J connectivity index is 2.12. The van der Waals surface area contributed by atoms with E-state index in [0.717, 1.165) is 22.7 Å². The van der Waals surface area contributed by atoms with E-state index in [9.17, 15) is 0 Å². The van der Waals surface area contributed by atoms with Gasteiger partial charge in [-0.2, -0.15) is 5.10 Å². The van der Waals surface area contributed by atoms with Crippen molar-refractivity contribution < 1.29 is 9.47 Å². The molecule has 0 spiro atoms. The molecule has 2 aromatic rings. The minimum absolute atomic E-state index is 0.598. The highest BCUT2D eigenvalue weighted by Crippen LogP contribution is 2.24. The molecule has 0 aromatic heterocycles. The first-order valence-electron chi connectivity index (χ1n) is 7.90. The van der Waals surface area contributed by atoms with E-state index >= 15 is 0 Å². The Bertz CT molecular complexity index is 681. The summed E-state index contributed by atoms with van der Waals surface area (Å²) in [5, 5.41) is 4.31. The number of anilines is 1. The van der Waals surface area contributed by atoms with E-state index in [-0.39, 0.29) is 0 Å². The lowest BCUT2D eigenvalue weighted by atomic mass is 10.1. The highest BCUT2D eigenvalue weighted by atomic mass is 16.5. The van der Waals surface area contributed by atoms with E-state index in [0.29, 0.717) is 13.2 Å². The van der Waals surface area contributed by atoms with Crippen molar-refractivity contribution in [1.29, 1.82) is 0 Å². The van der Waals surface area contributed by atoms with Gasteiger partial charge in [-0.1, -0.05) is 6.07 Å². The molecule has 0 saturated heterocycles. The number of ether oxygens (including phenoxy) is 2. The quantitative estimate of drug-likeness (QED) is 0.602. The molecule has 0 atom stereocenters. The molecular formula is C19H24N2O2. The molecule has 0 aliphatic carbocycles. The summed E-state index contributed by atoms with van der Waals surface area (Å²) in [4.78, 5) is 0. The molecule has 23 heavy (non-hydrogen) atoms. The predicted octanol–water partition coefficient (Wildman–Crippen LogP) is 4.55. The Morgan fingerprint density at radius 3 is 2.43 bits per heavy atom. The van der Waals surface area contributed by atoms with Gasteiger partial charge in [0.15, 0.2) is 0 Å². The summed E-state index contributed by atoms with van der Waals surface area (Å²) < 4.78 is 11.2. The molecule has 0 radical (unpaired) electrons. The van der Waals surface area contributed by atoms with Crippen LogP contribution in [0.1, 0.15) is 30.5 Å². The average Bonchev–Trinajstić information content (AvgIpc) is 2.53. The summed E-state index contributed by atoms with van der Waals surface area (Å²) >= 11 is 0. The van der Waals surface area contributed by atoms with Gasteiger partial charge in [0.1, 0.15) is 11.5 Å². The standard InChI is InChI=1S/C19H24N2O2/c1-5-22-18-10-8-16(19(12-18)23-6-2)13-20-21-17-9-7-14(3)15(4)11-17/h7-13,21H,5-6H2,1-4H3/b20-13+. The SMILES string of the molecule is CCOc1ccc(/C=N/Nc2ccc(C)c(C)c2)c(OCC)c1. The van der Waals surface area contributed by atoms with E-state index in [1.165, 1.54) is 11.1 Å². The van der Waals surface area contributed by atoms with Crippen molar-refractivity contribution in [2.75, 3.05) is 18.6 Å². The zero-order valence-electron chi connectivity index (χ0n) is 14.2. The Hall–Kier alpha value is -2.49. The van der Waals surface area contributed by atoms with Crippen molar-refractivity contribution in [2.24, 2.45) is 5.10 Å². The van der Waals surface area contributed by atoms with Crippen LogP contribution in [-0.2, 0) is 0 Å². The van der Waals surface area contributed by atoms with Crippen molar-refractivity contribution in [3.05, 3.63) is 53.1 Å². The molecule has 0 aliphatic heterocycles. The van der Waals surface area contributed by atoms with Gasteiger partial charge in [0.05, 0.1) is 25.1 Å². The molecule has 0 amide bonds. The van der Waals surface area contributed by atoms with Crippen LogP contribution in [-0.4, -0.2) is 19.4 Å². The Kier molecular flexibility index (Phi) is 6.03. The van der Waals surface area contributed by atoms with Crippen LogP contribution in [0, 0.1) is 13.8 Å². The Morgan fingerprint density at radius 1 is 0.957 bits per heavy atom. The van der Waals surface area contributed by atoms with Gasteiger partial charge in [0.2, 0.25) is 0 Å². The summed E-state index contributed by atoms with van der Waals surface area (Å²) in [6, 6.07) is 11.9. The van der Waals surface area contributed by atoms with Gasteiger partial charge in [-0.15, -0.1) is 0 Å². The van der Waals surface area contributed by atoms with Crippen LogP contribution in [0.15, 0.2) is 41.5 Å². The van der Waals surface area contributed by atoms with Crippen molar-refractivity contribution in [2.45, 2.75) is 27.7 Å². The lowest BCUT2D eigenvalue weighted by Gasteiger charge is -2.10. The molecule has 0 unspecified atom stereocenters. The second-order valence-corrected chi connectivity index (χ2v) is 5.23. The van der Waals surface area contributed by atoms with Gasteiger partial charge >= 0.3 is 0 Å². The molecule has 2 rings (SSSR count). The van der Waals surface area contributed by atoms with Gasteiger partial charge in [-0.25, -0.2) is 0 Å². The monoisotopic (exact) mass is 312 g/mol. The normalized spacial score (nSPS) is 10.8. The van der Waals surface area contributed by atoms with Crippen LogP contribution < -0.4 is 14.9 Å². The number of rotatable bonds is 7. The van der Waals surface area contributed by atoms with Crippen LogP contribution >= 0.6 is 0 Å². The summed E-state index contributed by atoms with van der Waals surface area (Å²) in [5.41, 5.74) is 7.43. The molecule has 122 valence electrons. The van der Waals surface area contributed by atoms with Crippen LogP contribution in [0.3, 0.4) is 0 Å². The van der Waals surface area contributed by atoms with Gasteiger partial charge in [0.25, 0.3) is 0 Å². The molecule has 1 N–H and O–H groups in total. The second kappa shape index (κ2) is 8.22. The smallest absolute Gasteiger partial charge is 0.131 e. The second-order valence-electron chi connectivity index (χ2n) is 5.23. The molecule has 0 fully saturated rings. The number of aryl methyl sites for hydroxylation is 2. The Labute approximate surface area is 138 Å². The number of hydrogen-bond donors (Lipinski definition) is 1. The first-order valence-corrected chi connectivity index (χ1v) is 7.90. The number of hydrazone groups is 1. The van der Waals surface area contributed by atoms with Crippen molar-refractivity contribution >= 4 is 11.9 Å². The van der Waals surface area contributed by atoms with Gasteiger partial charge in [-0.3, -0.25) is 5.43 Å². The maximum atomic E-state index is 5.66. The van der Waals surface area contributed by atoms with Crippen molar-refractivity contribution in [3.63, 3.8) is 0 Å². The number of nitrogens with one attached hydrogen (secondary N) is 1. The molecule has 0 aliphatic rings. The van der Waals surface area contributed by atoms with E-state index < -0.39 is 0 Å². The fraction of sp³-hybridized carbons (Fsp3) is 0.316. The first kappa shape index (κ1) is 16.9. The minimum Gasteiger partial charge on any atom is -0.494 e. The highest BCUT2D eigenvalue weighted by Gasteiger charge is 2.04. The largest absolute Gasteiger partial charge is 0.494 e. The van der Waals surface area contributed by atoms with Crippen LogP contribution in [0.5, 0.6) is 11.5 Å². The van der Waals surface area contributed by atoms with Gasteiger partial charge < -0.3 is 9.47 Å². The zero-order valence-corrected chi connectivity index (χ0v) is 14.2. The summed E-state index contributed by atoms with van der Waals surface area (Å²) in [6.45, 7) is 9.33. The third-order valence-corrected chi connectivity index (χ3v) is 3.50. The zero-order chi connectivity index (χ0) is 16.7. The topological polar surface area (TPSA) is 42.8 Å². The summed E-state index contributed by atoms with van der Waals surface area (Å²) in [5.74, 6) is 1.57. The third-order valence-electron chi connectivity index (χ3n) is 3.50. The maximum absolute atomic E-state index is 5.66. The molecule has 4 heteroatoms. The molecular weight excluding hydrogens is 288 g/mol. The highest BCUT2D eigenvalue weighted by molar-refractivity contribution is 5.84. The fourth-order valence-electron chi connectivity index (χ4n) is 2.15. The van der Waals surface area contributed by atoms with E-state index in [1.54, 1.807) is 6.21 Å². The van der Waals surface area contributed by atoms with Crippen LogP contribution in [0.2, 0.25) is 0 Å². The number of hydrogen-bond acceptors (Lipinski definition) is 4. The Morgan fingerprint density at radius 2 is 1.74 bits per heavy atom. The average molecular weight is 312 g/mol. The lowest BCUT2D eigenvalue weighted by molar-refractivity contribution is 0.323. The lowest BCUT2D eigenvalue weighted by Crippen LogP contribution is -1.99. The molecule has 4 nitrogen and oxygen atoms in total.